The van der Waals surface area contributed by atoms with Gasteiger partial charge in [0.05, 0.1) is 6.54 Å². The number of nitrogens with one attached hydrogen (secondary N) is 1. The highest BCUT2D eigenvalue weighted by Gasteiger charge is 2.37. The van der Waals surface area contributed by atoms with Crippen LogP contribution in [0.3, 0.4) is 0 Å². The average Bonchev–Trinajstić information content (AvgIpc) is 2.84. The predicted molar refractivity (Wildman–Crippen MR) is 91.2 cm³/mol. The van der Waals surface area contributed by atoms with Gasteiger partial charge >= 0.3 is 6.03 Å². The molecular formula is C18H18N2O2S. The van der Waals surface area contributed by atoms with Crippen molar-refractivity contribution in [1.82, 2.24) is 10.2 Å². The first-order valence-electron chi connectivity index (χ1n) is 7.46. The molecule has 0 radical (unpaired) electrons. The molecule has 1 aliphatic rings. The van der Waals surface area contributed by atoms with E-state index in [9.17, 15) is 9.59 Å². The summed E-state index contributed by atoms with van der Waals surface area (Å²) in [5.41, 5.74) is 1.99. The first kappa shape index (κ1) is 15.6. The van der Waals surface area contributed by atoms with Gasteiger partial charge in [0.2, 0.25) is 0 Å². The summed E-state index contributed by atoms with van der Waals surface area (Å²) >= 11 is 1.66. The average molecular weight is 326 g/mol. The molecule has 1 N–H and O–H groups in total. The highest BCUT2D eigenvalue weighted by molar-refractivity contribution is 7.98. The number of imide groups is 1. The summed E-state index contributed by atoms with van der Waals surface area (Å²) < 4.78 is 0. The lowest BCUT2D eigenvalue weighted by Crippen LogP contribution is -2.32. The van der Waals surface area contributed by atoms with E-state index >= 15 is 0 Å². The summed E-state index contributed by atoms with van der Waals surface area (Å²) in [6, 6.07) is 16.8. The largest absolute Gasteiger partial charge is 0.325 e. The Morgan fingerprint density at radius 1 is 1.00 bits per heavy atom. The summed E-state index contributed by atoms with van der Waals surface area (Å²) in [6.07, 6.45) is 2.54. The number of benzene rings is 2. The Bertz CT molecular complexity index is 701. The Morgan fingerprint density at radius 3 is 2.35 bits per heavy atom. The highest BCUT2D eigenvalue weighted by Crippen LogP contribution is 2.18. The molecule has 0 aromatic heterocycles. The van der Waals surface area contributed by atoms with E-state index < -0.39 is 6.04 Å². The van der Waals surface area contributed by atoms with E-state index in [1.54, 1.807) is 11.8 Å². The number of carbonyl (C=O) groups excluding carboxylic acids is 2. The van der Waals surface area contributed by atoms with Gasteiger partial charge in [0.25, 0.3) is 5.91 Å². The van der Waals surface area contributed by atoms with Crippen molar-refractivity contribution < 1.29 is 9.59 Å². The van der Waals surface area contributed by atoms with Crippen LogP contribution in [0.5, 0.6) is 0 Å². The van der Waals surface area contributed by atoms with Crippen molar-refractivity contribution in [3.05, 3.63) is 65.7 Å². The zero-order valence-corrected chi connectivity index (χ0v) is 13.7. The van der Waals surface area contributed by atoms with Gasteiger partial charge in [-0.3, -0.25) is 9.69 Å². The molecule has 0 bridgehead atoms. The first-order chi connectivity index (χ1) is 11.2. The number of nitrogens with zero attached hydrogens (tertiary/aromatic N) is 1. The molecule has 2 aromatic carbocycles. The van der Waals surface area contributed by atoms with E-state index in [0.29, 0.717) is 13.0 Å². The maximum absolute atomic E-state index is 12.5. The molecule has 1 fully saturated rings. The molecule has 2 aromatic rings. The normalized spacial score (nSPS) is 17.4. The first-order valence-corrected chi connectivity index (χ1v) is 8.68. The number of amides is 3. The second-order valence-corrected chi connectivity index (χ2v) is 6.34. The molecule has 0 aliphatic carbocycles. The number of rotatable bonds is 5. The Balaban J connectivity index is 1.68. The zero-order valence-electron chi connectivity index (χ0n) is 12.9. The third-order valence-electron chi connectivity index (χ3n) is 3.89. The molecule has 3 rings (SSSR count). The standard InChI is InChI=1S/C18H18N2O2S/c1-23-15-9-7-14(8-10-15)12-20-17(21)16(19-18(20)22)11-13-5-3-2-4-6-13/h2-10,16H,11-12H2,1H3,(H,19,22). The van der Waals surface area contributed by atoms with Crippen LogP contribution in [-0.4, -0.2) is 29.1 Å². The molecule has 1 atom stereocenters. The smallest absolute Gasteiger partial charge is 0.325 e. The fourth-order valence-corrected chi connectivity index (χ4v) is 3.04. The van der Waals surface area contributed by atoms with Gasteiger partial charge < -0.3 is 5.32 Å². The van der Waals surface area contributed by atoms with Gasteiger partial charge in [-0.25, -0.2) is 4.79 Å². The van der Waals surface area contributed by atoms with Gasteiger partial charge in [0, 0.05) is 11.3 Å². The fraction of sp³-hybridized carbons (Fsp3) is 0.222. The minimum absolute atomic E-state index is 0.159. The van der Waals surface area contributed by atoms with Crippen molar-refractivity contribution in [2.45, 2.75) is 23.9 Å². The van der Waals surface area contributed by atoms with Gasteiger partial charge in [-0.1, -0.05) is 42.5 Å². The van der Waals surface area contributed by atoms with E-state index in [1.807, 2.05) is 60.9 Å². The Kier molecular flexibility index (Phi) is 4.67. The lowest BCUT2D eigenvalue weighted by Gasteiger charge is -2.13. The summed E-state index contributed by atoms with van der Waals surface area (Å²) in [4.78, 5) is 27.0. The van der Waals surface area contributed by atoms with Crippen molar-refractivity contribution in [3.8, 4) is 0 Å². The molecule has 0 saturated carbocycles. The van der Waals surface area contributed by atoms with Gasteiger partial charge in [-0.15, -0.1) is 11.8 Å². The minimum Gasteiger partial charge on any atom is -0.325 e. The molecule has 1 unspecified atom stereocenters. The number of thioether (sulfide) groups is 1. The van der Waals surface area contributed by atoms with Crippen LogP contribution in [0, 0.1) is 0 Å². The Labute approximate surface area is 139 Å². The maximum Gasteiger partial charge on any atom is 0.325 e. The van der Waals surface area contributed by atoms with E-state index in [4.69, 9.17) is 0 Å². The van der Waals surface area contributed by atoms with Crippen LogP contribution < -0.4 is 5.32 Å². The monoisotopic (exact) mass is 326 g/mol. The molecule has 23 heavy (non-hydrogen) atoms. The van der Waals surface area contributed by atoms with Crippen molar-refractivity contribution in [1.29, 1.82) is 0 Å². The van der Waals surface area contributed by atoms with E-state index in [0.717, 1.165) is 16.0 Å². The summed E-state index contributed by atoms with van der Waals surface area (Å²) in [7, 11) is 0. The Morgan fingerprint density at radius 2 is 1.70 bits per heavy atom. The second kappa shape index (κ2) is 6.87. The summed E-state index contributed by atoms with van der Waals surface area (Å²) in [5.74, 6) is -0.159. The van der Waals surface area contributed by atoms with E-state index in [-0.39, 0.29) is 11.9 Å². The van der Waals surface area contributed by atoms with Crippen LogP contribution in [-0.2, 0) is 17.8 Å². The van der Waals surface area contributed by atoms with Crippen LogP contribution in [0.15, 0.2) is 59.5 Å². The molecule has 5 heteroatoms. The van der Waals surface area contributed by atoms with Gasteiger partial charge in [-0.2, -0.15) is 0 Å². The fourth-order valence-electron chi connectivity index (χ4n) is 2.63. The lowest BCUT2D eigenvalue weighted by molar-refractivity contribution is -0.127. The van der Waals surface area contributed by atoms with Crippen molar-refractivity contribution >= 4 is 23.7 Å². The maximum atomic E-state index is 12.5. The van der Waals surface area contributed by atoms with Crippen LogP contribution in [0.1, 0.15) is 11.1 Å². The van der Waals surface area contributed by atoms with Gasteiger partial charge in [-0.05, 0) is 29.5 Å². The van der Waals surface area contributed by atoms with Crippen molar-refractivity contribution in [2.75, 3.05) is 6.26 Å². The zero-order chi connectivity index (χ0) is 16.2. The molecular weight excluding hydrogens is 308 g/mol. The topological polar surface area (TPSA) is 49.4 Å². The summed E-state index contributed by atoms with van der Waals surface area (Å²) in [5, 5.41) is 2.78. The Hall–Kier alpha value is -2.27. The summed E-state index contributed by atoms with van der Waals surface area (Å²) in [6.45, 7) is 0.310. The SMILES string of the molecule is CSc1ccc(CN2C(=O)NC(Cc3ccccc3)C2=O)cc1. The molecule has 1 aliphatic heterocycles. The second-order valence-electron chi connectivity index (χ2n) is 5.46. The van der Waals surface area contributed by atoms with Crippen molar-refractivity contribution in [2.24, 2.45) is 0 Å². The van der Waals surface area contributed by atoms with Crippen LogP contribution in [0.25, 0.3) is 0 Å². The van der Waals surface area contributed by atoms with E-state index in [1.165, 1.54) is 4.90 Å². The molecule has 118 valence electrons. The lowest BCUT2D eigenvalue weighted by atomic mass is 10.1. The highest BCUT2D eigenvalue weighted by atomic mass is 32.2. The van der Waals surface area contributed by atoms with Crippen molar-refractivity contribution in [3.63, 3.8) is 0 Å². The molecule has 4 nitrogen and oxygen atoms in total. The van der Waals surface area contributed by atoms with Crippen LogP contribution in [0.4, 0.5) is 4.79 Å². The van der Waals surface area contributed by atoms with Crippen LogP contribution in [0.2, 0.25) is 0 Å². The number of hydrogen-bond acceptors (Lipinski definition) is 3. The molecule has 1 saturated heterocycles. The van der Waals surface area contributed by atoms with Gasteiger partial charge in [0.15, 0.2) is 0 Å². The van der Waals surface area contributed by atoms with E-state index in [2.05, 4.69) is 5.32 Å². The predicted octanol–water partition coefficient (Wildman–Crippen LogP) is 3.07. The molecule has 1 heterocycles. The third kappa shape index (κ3) is 3.56. The van der Waals surface area contributed by atoms with Crippen LogP contribution >= 0.6 is 11.8 Å². The number of urea groups is 1. The number of hydrogen-bond donors (Lipinski definition) is 1. The molecule has 0 spiro atoms. The minimum atomic E-state index is -0.477. The molecule has 3 amide bonds. The number of carbonyl (C=O) groups is 2. The quantitative estimate of drug-likeness (QED) is 0.678. The van der Waals surface area contributed by atoms with Gasteiger partial charge in [0.1, 0.15) is 6.04 Å². The third-order valence-corrected chi connectivity index (χ3v) is 4.63.